The molecule has 1 unspecified atom stereocenters. The zero-order chi connectivity index (χ0) is 11.5. The zero-order valence-corrected chi connectivity index (χ0v) is 9.99. The number of anilines is 1. The minimum Gasteiger partial charge on any atom is -0.366 e. The number of nitrogens with two attached hydrogens (primary N) is 1. The number of nitrogens with one attached hydrogen (secondary N) is 2. The molecule has 1 atom stereocenters. The second-order valence-corrected chi connectivity index (χ2v) is 5.24. The van der Waals surface area contributed by atoms with E-state index in [0.717, 1.165) is 11.6 Å². The maximum Gasteiger partial charge on any atom is 0.251 e. The van der Waals surface area contributed by atoms with Gasteiger partial charge in [-0.25, -0.2) is 0 Å². The molecule has 1 saturated heterocycles. The molecule has 0 aromatic carbocycles. The van der Waals surface area contributed by atoms with Crippen molar-refractivity contribution in [2.24, 2.45) is 5.73 Å². The van der Waals surface area contributed by atoms with Gasteiger partial charge < -0.3 is 11.1 Å². The van der Waals surface area contributed by atoms with Crippen LogP contribution in [0.2, 0.25) is 0 Å². The molecule has 1 aromatic rings. The van der Waals surface area contributed by atoms with Gasteiger partial charge in [-0.15, -0.1) is 23.1 Å². The number of amides is 2. The average Bonchev–Trinajstić information content (AvgIpc) is 2.86. The van der Waals surface area contributed by atoms with Gasteiger partial charge in [-0.3, -0.25) is 14.9 Å². The molecule has 5 nitrogen and oxygen atoms in total. The van der Waals surface area contributed by atoms with E-state index < -0.39 is 5.91 Å². The van der Waals surface area contributed by atoms with Gasteiger partial charge in [0, 0.05) is 11.6 Å². The lowest BCUT2D eigenvalue weighted by atomic mass is 10.3. The van der Waals surface area contributed by atoms with Crippen LogP contribution in [0, 0.1) is 0 Å². The molecule has 2 amide bonds. The Labute approximate surface area is 101 Å². The predicted octanol–water partition coefficient (Wildman–Crippen LogP) is 0.448. The van der Waals surface area contributed by atoms with Crippen LogP contribution in [-0.4, -0.2) is 29.5 Å². The summed E-state index contributed by atoms with van der Waals surface area (Å²) in [4.78, 5) is 22.8. The van der Waals surface area contributed by atoms with Gasteiger partial charge in [-0.1, -0.05) is 0 Å². The lowest BCUT2D eigenvalue weighted by Crippen LogP contribution is -2.37. The summed E-state index contributed by atoms with van der Waals surface area (Å²) in [6.07, 6.45) is 0. The van der Waals surface area contributed by atoms with Crippen LogP contribution in [0.15, 0.2) is 11.4 Å². The largest absolute Gasteiger partial charge is 0.366 e. The molecule has 2 rings (SSSR count). The van der Waals surface area contributed by atoms with Crippen molar-refractivity contribution in [3.05, 3.63) is 17.0 Å². The number of hydrogen-bond acceptors (Lipinski definition) is 5. The zero-order valence-electron chi connectivity index (χ0n) is 8.36. The molecule has 7 heteroatoms. The Morgan fingerprint density at radius 1 is 1.56 bits per heavy atom. The number of hydrogen-bond donors (Lipinski definition) is 3. The van der Waals surface area contributed by atoms with Gasteiger partial charge >= 0.3 is 0 Å². The van der Waals surface area contributed by atoms with Crippen molar-refractivity contribution in [3.63, 3.8) is 0 Å². The number of carbonyl (C=O) groups excluding carboxylic acids is 2. The normalized spacial score (nSPS) is 19.6. The summed E-state index contributed by atoms with van der Waals surface area (Å²) in [7, 11) is 0. The molecule has 1 aliphatic heterocycles. The minimum atomic E-state index is -0.523. The van der Waals surface area contributed by atoms with Crippen LogP contribution < -0.4 is 16.4 Å². The lowest BCUT2D eigenvalue weighted by Gasteiger charge is -2.09. The van der Waals surface area contributed by atoms with E-state index in [2.05, 4.69) is 10.6 Å². The molecule has 1 fully saturated rings. The Kier molecular flexibility index (Phi) is 3.47. The number of carbonyl (C=O) groups is 2. The Bertz CT molecular complexity index is 413. The lowest BCUT2D eigenvalue weighted by molar-refractivity contribution is -0.117. The van der Waals surface area contributed by atoms with Crippen LogP contribution in [0.3, 0.4) is 0 Å². The number of primary amides is 1. The van der Waals surface area contributed by atoms with Crippen LogP contribution in [-0.2, 0) is 4.79 Å². The van der Waals surface area contributed by atoms with Crippen molar-refractivity contribution >= 4 is 39.9 Å². The maximum atomic E-state index is 11.8. The average molecular weight is 257 g/mol. The highest BCUT2D eigenvalue weighted by molar-refractivity contribution is 7.99. The summed E-state index contributed by atoms with van der Waals surface area (Å²) in [6, 6.07) is 1.42. The summed E-state index contributed by atoms with van der Waals surface area (Å²) in [5, 5.41) is 8.03. The van der Waals surface area contributed by atoms with Crippen molar-refractivity contribution in [2.75, 3.05) is 16.9 Å². The Morgan fingerprint density at radius 2 is 2.38 bits per heavy atom. The molecule has 0 spiro atoms. The first kappa shape index (κ1) is 11.4. The first-order chi connectivity index (χ1) is 7.68. The van der Waals surface area contributed by atoms with Crippen LogP contribution >= 0.6 is 23.1 Å². The van der Waals surface area contributed by atoms with E-state index in [1.54, 1.807) is 23.2 Å². The van der Waals surface area contributed by atoms with Crippen molar-refractivity contribution in [3.8, 4) is 0 Å². The molecule has 16 heavy (non-hydrogen) atoms. The fraction of sp³-hybridized carbons (Fsp3) is 0.333. The molecule has 1 aliphatic rings. The molecule has 0 saturated carbocycles. The minimum absolute atomic E-state index is 0.116. The van der Waals surface area contributed by atoms with Crippen molar-refractivity contribution in [1.29, 1.82) is 0 Å². The SMILES string of the molecule is NC(=O)c1ccsc1NC(=O)C1CSCN1. The topological polar surface area (TPSA) is 84.2 Å². The second kappa shape index (κ2) is 4.86. The molecule has 4 N–H and O–H groups in total. The van der Waals surface area contributed by atoms with E-state index >= 15 is 0 Å². The summed E-state index contributed by atoms with van der Waals surface area (Å²) in [5.41, 5.74) is 5.55. The molecule has 0 radical (unpaired) electrons. The highest BCUT2D eigenvalue weighted by Gasteiger charge is 2.23. The summed E-state index contributed by atoms with van der Waals surface area (Å²) >= 11 is 2.97. The molecule has 1 aromatic heterocycles. The summed E-state index contributed by atoms with van der Waals surface area (Å²) in [5.74, 6) is 0.897. The molecule has 0 aliphatic carbocycles. The smallest absolute Gasteiger partial charge is 0.251 e. The van der Waals surface area contributed by atoms with E-state index in [4.69, 9.17) is 5.73 Å². The number of thioether (sulfide) groups is 1. The standard InChI is InChI=1S/C9H11N3O2S2/c10-7(13)5-1-2-16-9(5)12-8(14)6-3-15-4-11-6/h1-2,6,11H,3-4H2,(H2,10,13)(H,12,14). The van der Waals surface area contributed by atoms with E-state index in [1.807, 2.05) is 0 Å². The third-order valence-electron chi connectivity index (χ3n) is 2.20. The predicted molar refractivity (Wildman–Crippen MR) is 65.7 cm³/mol. The van der Waals surface area contributed by atoms with Gasteiger partial charge in [0.05, 0.1) is 11.6 Å². The molecular formula is C9H11N3O2S2. The Morgan fingerprint density at radius 3 is 3.00 bits per heavy atom. The van der Waals surface area contributed by atoms with Crippen molar-refractivity contribution in [1.82, 2.24) is 5.32 Å². The van der Waals surface area contributed by atoms with Crippen LogP contribution in [0.5, 0.6) is 0 Å². The molecule has 0 bridgehead atoms. The van der Waals surface area contributed by atoms with Crippen molar-refractivity contribution < 1.29 is 9.59 Å². The third kappa shape index (κ3) is 2.37. The highest BCUT2D eigenvalue weighted by Crippen LogP contribution is 2.23. The molecule has 86 valence electrons. The Balaban J connectivity index is 2.05. The van der Waals surface area contributed by atoms with Crippen LogP contribution in [0.1, 0.15) is 10.4 Å². The van der Waals surface area contributed by atoms with Gasteiger partial charge in [0.15, 0.2) is 0 Å². The Hall–Kier alpha value is -1.05. The second-order valence-electron chi connectivity index (χ2n) is 3.29. The molecule has 2 heterocycles. The van der Waals surface area contributed by atoms with Crippen molar-refractivity contribution in [2.45, 2.75) is 6.04 Å². The fourth-order valence-electron chi connectivity index (χ4n) is 1.36. The first-order valence-corrected chi connectivity index (χ1v) is 6.71. The van der Waals surface area contributed by atoms with E-state index in [9.17, 15) is 9.59 Å². The fourth-order valence-corrected chi connectivity index (χ4v) is 3.10. The van der Waals surface area contributed by atoms with E-state index in [1.165, 1.54) is 11.3 Å². The summed E-state index contributed by atoms with van der Waals surface area (Å²) < 4.78 is 0. The van der Waals surface area contributed by atoms with Gasteiger partial charge in [0.25, 0.3) is 5.91 Å². The van der Waals surface area contributed by atoms with Gasteiger partial charge in [-0.2, -0.15) is 0 Å². The third-order valence-corrected chi connectivity index (χ3v) is 3.97. The number of thiophene rings is 1. The quantitative estimate of drug-likeness (QED) is 0.734. The first-order valence-electron chi connectivity index (χ1n) is 4.68. The van der Waals surface area contributed by atoms with Gasteiger partial charge in [0.1, 0.15) is 5.00 Å². The van der Waals surface area contributed by atoms with E-state index in [-0.39, 0.29) is 11.9 Å². The monoisotopic (exact) mass is 257 g/mol. The maximum absolute atomic E-state index is 11.8. The van der Waals surface area contributed by atoms with E-state index in [0.29, 0.717) is 10.6 Å². The number of rotatable bonds is 3. The highest BCUT2D eigenvalue weighted by atomic mass is 32.2. The van der Waals surface area contributed by atoms with Gasteiger partial charge in [0.2, 0.25) is 5.91 Å². The summed E-state index contributed by atoms with van der Waals surface area (Å²) in [6.45, 7) is 0. The molecular weight excluding hydrogens is 246 g/mol. The van der Waals surface area contributed by atoms with Crippen LogP contribution in [0.25, 0.3) is 0 Å². The van der Waals surface area contributed by atoms with Crippen LogP contribution in [0.4, 0.5) is 5.00 Å². The van der Waals surface area contributed by atoms with Gasteiger partial charge in [-0.05, 0) is 11.4 Å².